The number of nitrogens with zero attached hydrogens (tertiary/aromatic N) is 1. The van der Waals surface area contributed by atoms with E-state index >= 15 is 0 Å². The summed E-state index contributed by atoms with van der Waals surface area (Å²) >= 11 is 0. The van der Waals surface area contributed by atoms with E-state index < -0.39 is 0 Å². The summed E-state index contributed by atoms with van der Waals surface area (Å²) in [6.45, 7) is 12.7. The molecule has 13 nitrogen and oxygen atoms in total. The van der Waals surface area contributed by atoms with Crippen LogP contribution in [0, 0.1) is 0 Å². The minimum atomic E-state index is -0.303. The predicted molar refractivity (Wildman–Crippen MR) is 191 cm³/mol. The highest BCUT2D eigenvalue weighted by Gasteiger charge is 2.22. The van der Waals surface area contributed by atoms with Gasteiger partial charge in [-0.3, -0.25) is 14.5 Å². The average Bonchev–Trinajstić information content (AvgIpc) is 3.44. The maximum atomic E-state index is 11.4. The van der Waals surface area contributed by atoms with E-state index in [1.807, 2.05) is 0 Å². The zero-order valence-corrected chi connectivity index (χ0v) is 31.1. The van der Waals surface area contributed by atoms with Crippen molar-refractivity contribution >= 4 is 11.8 Å². The molecule has 0 atom stereocenters. The van der Waals surface area contributed by atoms with Gasteiger partial charge in [0, 0.05) is 18.8 Å². The molecule has 0 unspecified atom stereocenters. The van der Waals surface area contributed by atoms with Crippen molar-refractivity contribution in [3.05, 3.63) is 12.2 Å². The molecule has 1 aliphatic heterocycles. The fourth-order valence-corrected chi connectivity index (χ4v) is 4.76. The van der Waals surface area contributed by atoms with Crippen LogP contribution in [0.25, 0.3) is 0 Å². The van der Waals surface area contributed by atoms with Crippen LogP contribution in [0.5, 0.6) is 0 Å². The lowest BCUT2D eigenvalue weighted by Crippen LogP contribution is -2.33. The number of hydrogen-bond acceptors (Lipinski definition) is 12. The van der Waals surface area contributed by atoms with Gasteiger partial charge in [-0.1, -0.05) is 71.1 Å². The standard InChI is InChI=1S/C37H69NO12/c1-2-3-4-5-6-7-8-9-10-11-12-16-41-18-20-43-22-24-45-26-28-47-30-32-49-34-35-50-33-31-48-29-27-46-25-23-44-21-19-42-17-15-38-36(39)13-14-37(38)40/h13-14H,2-12,15-35H2,1H3. The number of hydrogen-bond donors (Lipinski definition) is 0. The minimum absolute atomic E-state index is 0.243. The molecule has 0 fully saturated rings. The van der Waals surface area contributed by atoms with Crippen LogP contribution in [0.4, 0.5) is 0 Å². The second kappa shape index (κ2) is 38.7. The molecule has 0 aromatic rings. The molecular weight excluding hydrogens is 650 g/mol. The Kier molecular flexibility index (Phi) is 36.0. The van der Waals surface area contributed by atoms with Crippen molar-refractivity contribution in [2.75, 3.05) is 139 Å². The van der Waals surface area contributed by atoms with Crippen LogP contribution in [0.2, 0.25) is 0 Å². The van der Waals surface area contributed by atoms with Gasteiger partial charge in [0.1, 0.15) is 0 Å². The zero-order chi connectivity index (χ0) is 35.8. The van der Waals surface area contributed by atoms with E-state index in [0.717, 1.165) is 17.9 Å². The van der Waals surface area contributed by atoms with Crippen LogP contribution in [0.15, 0.2) is 12.2 Å². The second-order valence-electron chi connectivity index (χ2n) is 11.8. The zero-order valence-electron chi connectivity index (χ0n) is 31.1. The van der Waals surface area contributed by atoms with Crippen molar-refractivity contribution in [1.82, 2.24) is 4.90 Å². The topological polar surface area (TPSA) is 130 Å². The molecule has 0 radical (unpaired) electrons. The summed E-state index contributed by atoms with van der Waals surface area (Å²) in [5.41, 5.74) is 0. The molecule has 294 valence electrons. The monoisotopic (exact) mass is 719 g/mol. The number of rotatable bonds is 42. The molecule has 0 spiro atoms. The molecule has 0 N–H and O–H groups in total. The molecule has 0 bridgehead atoms. The number of carbonyl (C=O) groups excluding carboxylic acids is 2. The Hall–Kier alpha value is -1.52. The summed E-state index contributed by atoms with van der Waals surface area (Å²) < 4.78 is 54.9. The summed E-state index contributed by atoms with van der Waals surface area (Å²) in [5.74, 6) is -0.606. The third kappa shape index (κ3) is 32.4. The number of carbonyl (C=O) groups is 2. The number of imide groups is 1. The molecule has 50 heavy (non-hydrogen) atoms. The fourth-order valence-electron chi connectivity index (χ4n) is 4.76. The Morgan fingerprint density at radius 3 is 0.880 bits per heavy atom. The number of amides is 2. The molecule has 1 heterocycles. The Balaban J connectivity index is 1.61. The van der Waals surface area contributed by atoms with Crippen molar-refractivity contribution in [1.29, 1.82) is 0 Å². The first-order chi connectivity index (χ1) is 24.8. The van der Waals surface area contributed by atoms with E-state index in [0.29, 0.717) is 119 Å². The lowest BCUT2D eigenvalue weighted by molar-refractivity contribution is -0.137. The summed E-state index contributed by atoms with van der Waals surface area (Å²) in [5, 5.41) is 0. The maximum Gasteiger partial charge on any atom is 0.253 e. The van der Waals surface area contributed by atoms with E-state index in [2.05, 4.69) is 6.92 Å². The molecule has 0 aromatic carbocycles. The van der Waals surface area contributed by atoms with Crippen LogP contribution in [-0.4, -0.2) is 155 Å². The second-order valence-corrected chi connectivity index (χ2v) is 11.8. The normalized spacial score (nSPS) is 13.0. The Labute approximate surface area is 301 Å². The largest absolute Gasteiger partial charge is 0.379 e. The quantitative estimate of drug-likeness (QED) is 0.0656. The van der Waals surface area contributed by atoms with Crippen molar-refractivity contribution in [3.63, 3.8) is 0 Å². The van der Waals surface area contributed by atoms with E-state index in [-0.39, 0.29) is 25.0 Å². The number of ether oxygens (including phenoxy) is 10. The highest BCUT2D eigenvalue weighted by atomic mass is 16.6. The first kappa shape index (κ1) is 46.5. The summed E-state index contributed by atoms with van der Waals surface area (Å²) in [6, 6.07) is 0. The Morgan fingerprint density at radius 2 is 0.580 bits per heavy atom. The van der Waals surface area contributed by atoms with Crippen LogP contribution in [0.3, 0.4) is 0 Å². The molecule has 0 saturated heterocycles. The van der Waals surface area contributed by atoms with Crippen LogP contribution in [-0.2, 0) is 57.0 Å². The van der Waals surface area contributed by atoms with Gasteiger partial charge in [-0.2, -0.15) is 0 Å². The molecule has 13 heteroatoms. The smallest absolute Gasteiger partial charge is 0.253 e. The van der Waals surface area contributed by atoms with E-state index in [1.54, 1.807) is 0 Å². The van der Waals surface area contributed by atoms with Crippen LogP contribution < -0.4 is 0 Å². The van der Waals surface area contributed by atoms with Gasteiger partial charge in [-0.05, 0) is 6.42 Å². The van der Waals surface area contributed by atoms with Gasteiger partial charge >= 0.3 is 0 Å². The third-order valence-corrected chi connectivity index (χ3v) is 7.60. The van der Waals surface area contributed by atoms with Crippen molar-refractivity contribution in [3.8, 4) is 0 Å². The molecular formula is C37H69NO12. The molecule has 0 saturated carbocycles. The minimum Gasteiger partial charge on any atom is -0.379 e. The van der Waals surface area contributed by atoms with Crippen molar-refractivity contribution in [2.45, 2.75) is 77.6 Å². The Morgan fingerprint density at radius 1 is 0.340 bits per heavy atom. The van der Waals surface area contributed by atoms with E-state index in [9.17, 15) is 9.59 Å². The fraction of sp³-hybridized carbons (Fsp3) is 0.892. The molecule has 0 aliphatic carbocycles. The first-order valence-electron chi connectivity index (χ1n) is 19.1. The summed E-state index contributed by atoms with van der Waals surface area (Å²) in [7, 11) is 0. The molecule has 0 aromatic heterocycles. The van der Waals surface area contributed by atoms with Crippen molar-refractivity contribution < 1.29 is 57.0 Å². The van der Waals surface area contributed by atoms with Gasteiger partial charge in [-0.15, -0.1) is 0 Å². The van der Waals surface area contributed by atoms with Gasteiger partial charge in [-0.25, -0.2) is 0 Å². The highest BCUT2D eigenvalue weighted by molar-refractivity contribution is 6.12. The van der Waals surface area contributed by atoms with Gasteiger partial charge in [0.2, 0.25) is 0 Å². The molecule has 1 aliphatic rings. The van der Waals surface area contributed by atoms with Gasteiger partial charge in [0.05, 0.1) is 132 Å². The maximum absolute atomic E-state index is 11.4. The number of unbranched alkanes of at least 4 members (excludes halogenated alkanes) is 10. The SMILES string of the molecule is CCCCCCCCCCCCCOCCOCCOCCOCCOCCOCCOCCOCCOCCOCCN1C(=O)C=CC1=O. The molecule has 2 amide bonds. The van der Waals surface area contributed by atoms with E-state index in [1.165, 1.54) is 76.4 Å². The lowest BCUT2D eigenvalue weighted by atomic mass is 10.1. The van der Waals surface area contributed by atoms with E-state index in [4.69, 9.17) is 47.4 Å². The highest BCUT2D eigenvalue weighted by Crippen LogP contribution is 2.11. The third-order valence-electron chi connectivity index (χ3n) is 7.60. The van der Waals surface area contributed by atoms with Gasteiger partial charge in [0.15, 0.2) is 0 Å². The Bertz CT molecular complexity index is 755. The van der Waals surface area contributed by atoms with Gasteiger partial charge < -0.3 is 47.4 Å². The lowest BCUT2D eigenvalue weighted by Gasteiger charge is -2.13. The van der Waals surface area contributed by atoms with Crippen LogP contribution >= 0.6 is 0 Å². The summed E-state index contributed by atoms with van der Waals surface area (Å²) in [6.07, 6.45) is 17.3. The van der Waals surface area contributed by atoms with Crippen molar-refractivity contribution in [2.24, 2.45) is 0 Å². The first-order valence-corrected chi connectivity index (χ1v) is 19.1. The summed E-state index contributed by atoms with van der Waals surface area (Å²) in [4.78, 5) is 24.0. The van der Waals surface area contributed by atoms with Gasteiger partial charge in [0.25, 0.3) is 11.8 Å². The predicted octanol–water partition coefficient (Wildman–Crippen LogP) is 4.39. The average molecular weight is 720 g/mol. The molecule has 1 rings (SSSR count). The van der Waals surface area contributed by atoms with Crippen LogP contribution in [0.1, 0.15) is 77.6 Å².